The minimum absolute atomic E-state index is 0.357. The number of rotatable bonds is 3. The number of hydrogen-bond acceptors (Lipinski definition) is 6. The molecule has 0 atom stereocenters. The number of fused-ring (bicyclic) bond motifs is 1. The van der Waals surface area contributed by atoms with Crippen LogP contribution >= 0.6 is 11.3 Å². The fourth-order valence-corrected chi connectivity index (χ4v) is 3.63. The summed E-state index contributed by atoms with van der Waals surface area (Å²) in [5.74, 6) is 0.0942. The monoisotopic (exact) mass is 313 g/mol. The van der Waals surface area contributed by atoms with Crippen molar-refractivity contribution in [1.29, 1.82) is 0 Å². The summed E-state index contributed by atoms with van der Waals surface area (Å²) in [6.07, 6.45) is 1.66. The van der Waals surface area contributed by atoms with E-state index in [2.05, 4.69) is 9.97 Å². The molecule has 20 heavy (non-hydrogen) atoms. The molecule has 2 heterocycles. The van der Waals surface area contributed by atoms with Crippen molar-refractivity contribution in [3.8, 4) is 0 Å². The summed E-state index contributed by atoms with van der Waals surface area (Å²) < 4.78 is 24.3. The van der Waals surface area contributed by atoms with Crippen molar-refractivity contribution in [2.75, 3.05) is 6.26 Å². The topological polar surface area (TPSA) is 89.0 Å². The van der Waals surface area contributed by atoms with Crippen molar-refractivity contribution in [2.24, 2.45) is 0 Å². The van der Waals surface area contributed by atoms with Crippen LogP contribution in [-0.2, 0) is 16.4 Å². The van der Waals surface area contributed by atoms with Crippen molar-refractivity contribution in [3.63, 3.8) is 0 Å². The van der Waals surface area contributed by atoms with Gasteiger partial charge < -0.3 is 0 Å². The van der Waals surface area contributed by atoms with Gasteiger partial charge in [-0.3, -0.25) is 4.79 Å². The smallest absolute Gasteiger partial charge is 0.267 e. The van der Waals surface area contributed by atoms with Gasteiger partial charge in [-0.05, 0) is 19.4 Å². The maximum atomic E-state index is 12.0. The number of thiophene rings is 1. The zero-order valence-electron chi connectivity index (χ0n) is 11.6. The first-order valence-corrected chi connectivity index (χ1v) is 8.72. The second-order valence-electron chi connectivity index (χ2n) is 4.52. The molecular weight excluding hydrogens is 298 g/mol. The van der Waals surface area contributed by atoms with E-state index in [0.29, 0.717) is 27.5 Å². The van der Waals surface area contributed by atoms with Gasteiger partial charge in [0, 0.05) is 17.5 Å². The Balaban J connectivity index is 2.59. The molecule has 0 saturated heterocycles. The van der Waals surface area contributed by atoms with Gasteiger partial charge in [0.1, 0.15) is 10.7 Å². The molecule has 0 aromatic carbocycles. The van der Waals surface area contributed by atoms with Crippen LogP contribution in [-0.4, -0.2) is 30.5 Å². The molecule has 2 rings (SSSR count). The molecule has 0 fully saturated rings. The zero-order valence-corrected chi connectivity index (χ0v) is 13.3. The number of hydrogen-bond donors (Lipinski definition) is 1. The summed E-state index contributed by atoms with van der Waals surface area (Å²) >= 11 is 1.19. The van der Waals surface area contributed by atoms with Crippen LogP contribution in [0.5, 0.6) is 0 Å². The van der Waals surface area contributed by atoms with Crippen LogP contribution in [0, 0.1) is 13.8 Å². The molecule has 8 heteroatoms. The SMILES string of the molecule is CCc1nc(C)c2c(C)c(C(=O)NS(C)(=O)=O)sc2n1. The van der Waals surface area contributed by atoms with Crippen LogP contribution in [0.1, 0.15) is 33.7 Å². The van der Waals surface area contributed by atoms with E-state index in [4.69, 9.17) is 0 Å². The molecule has 108 valence electrons. The van der Waals surface area contributed by atoms with Crippen LogP contribution < -0.4 is 4.72 Å². The highest BCUT2D eigenvalue weighted by Gasteiger charge is 2.20. The van der Waals surface area contributed by atoms with Crippen LogP contribution in [0.4, 0.5) is 0 Å². The van der Waals surface area contributed by atoms with Crippen molar-refractivity contribution < 1.29 is 13.2 Å². The number of aromatic nitrogens is 2. The summed E-state index contributed by atoms with van der Waals surface area (Å²) in [5, 5.41) is 0.825. The fraction of sp³-hybridized carbons (Fsp3) is 0.417. The Bertz CT molecular complexity index is 794. The van der Waals surface area contributed by atoms with Crippen molar-refractivity contribution in [3.05, 3.63) is 22.0 Å². The van der Waals surface area contributed by atoms with E-state index < -0.39 is 15.9 Å². The summed E-state index contributed by atoms with van der Waals surface area (Å²) in [7, 11) is -3.58. The number of nitrogens with zero attached hydrogens (tertiary/aromatic N) is 2. The first kappa shape index (κ1) is 14.9. The Hall–Kier alpha value is -1.54. The van der Waals surface area contributed by atoms with Gasteiger partial charge in [0.25, 0.3) is 5.91 Å². The zero-order chi connectivity index (χ0) is 15.1. The standard InChI is InChI=1S/C12H15N3O3S2/c1-5-8-13-7(3)9-6(2)10(19-12(9)14-8)11(16)15-20(4,17)18/h5H2,1-4H3,(H,15,16). The Morgan fingerprint density at radius 2 is 1.95 bits per heavy atom. The number of amides is 1. The molecule has 0 saturated carbocycles. The predicted octanol–water partition coefficient (Wildman–Crippen LogP) is 1.56. The molecule has 0 aliphatic rings. The number of aryl methyl sites for hydroxylation is 3. The van der Waals surface area contributed by atoms with Crippen LogP contribution in [0.3, 0.4) is 0 Å². The van der Waals surface area contributed by atoms with Gasteiger partial charge in [0.2, 0.25) is 10.0 Å². The first-order chi connectivity index (χ1) is 9.23. The van der Waals surface area contributed by atoms with Crippen LogP contribution in [0.15, 0.2) is 0 Å². The van der Waals surface area contributed by atoms with Gasteiger partial charge >= 0.3 is 0 Å². The number of carbonyl (C=O) groups excluding carboxylic acids is 1. The van der Waals surface area contributed by atoms with Gasteiger partial charge in [0.15, 0.2) is 0 Å². The fourth-order valence-electron chi connectivity index (χ4n) is 1.98. The summed E-state index contributed by atoms with van der Waals surface area (Å²) in [5.41, 5.74) is 1.52. The molecule has 1 N–H and O–H groups in total. The molecule has 6 nitrogen and oxygen atoms in total. The highest BCUT2D eigenvalue weighted by molar-refractivity contribution is 7.89. The largest absolute Gasteiger partial charge is 0.275 e. The summed E-state index contributed by atoms with van der Waals surface area (Å²) in [6.45, 7) is 5.59. The molecule has 0 aliphatic carbocycles. The van der Waals surface area contributed by atoms with Crippen molar-refractivity contribution >= 4 is 37.5 Å². The minimum atomic E-state index is -3.58. The van der Waals surface area contributed by atoms with Gasteiger partial charge in [0.05, 0.1) is 11.1 Å². The number of sulfonamides is 1. The lowest BCUT2D eigenvalue weighted by Crippen LogP contribution is -2.29. The lowest BCUT2D eigenvalue weighted by molar-refractivity contribution is 0.0985. The van der Waals surface area contributed by atoms with Crippen LogP contribution in [0.2, 0.25) is 0 Å². The van der Waals surface area contributed by atoms with Gasteiger partial charge in [-0.25, -0.2) is 23.1 Å². The van der Waals surface area contributed by atoms with Gasteiger partial charge in [-0.2, -0.15) is 0 Å². The normalized spacial score (nSPS) is 11.8. The van der Waals surface area contributed by atoms with E-state index in [-0.39, 0.29) is 0 Å². The molecule has 2 aromatic rings. The highest BCUT2D eigenvalue weighted by Crippen LogP contribution is 2.31. The van der Waals surface area contributed by atoms with E-state index in [1.165, 1.54) is 11.3 Å². The van der Waals surface area contributed by atoms with E-state index in [1.807, 2.05) is 18.6 Å². The third-order valence-corrected chi connectivity index (χ3v) is 4.56. The summed E-state index contributed by atoms with van der Waals surface area (Å²) in [6, 6.07) is 0. The molecule has 0 radical (unpaired) electrons. The molecular formula is C12H15N3O3S2. The molecule has 0 unspecified atom stereocenters. The first-order valence-electron chi connectivity index (χ1n) is 6.01. The minimum Gasteiger partial charge on any atom is -0.267 e. The van der Waals surface area contributed by atoms with E-state index in [1.54, 1.807) is 6.92 Å². The van der Waals surface area contributed by atoms with Crippen LogP contribution in [0.25, 0.3) is 10.2 Å². The van der Waals surface area contributed by atoms with E-state index in [9.17, 15) is 13.2 Å². The van der Waals surface area contributed by atoms with E-state index >= 15 is 0 Å². The lowest BCUT2D eigenvalue weighted by atomic mass is 10.1. The third kappa shape index (κ3) is 2.80. The number of carbonyl (C=O) groups is 1. The lowest BCUT2D eigenvalue weighted by Gasteiger charge is -2.02. The van der Waals surface area contributed by atoms with Crippen molar-refractivity contribution in [2.45, 2.75) is 27.2 Å². The predicted molar refractivity (Wildman–Crippen MR) is 78.6 cm³/mol. The second-order valence-corrected chi connectivity index (χ2v) is 7.27. The van der Waals surface area contributed by atoms with Gasteiger partial charge in [-0.1, -0.05) is 6.92 Å². The quantitative estimate of drug-likeness (QED) is 0.929. The Labute approximate surface area is 121 Å². The molecule has 0 aliphatic heterocycles. The summed E-state index contributed by atoms with van der Waals surface area (Å²) in [4.78, 5) is 21.8. The maximum absolute atomic E-state index is 12.0. The number of nitrogens with one attached hydrogen (secondary N) is 1. The van der Waals surface area contributed by atoms with Gasteiger partial charge in [-0.15, -0.1) is 11.3 Å². The second kappa shape index (κ2) is 5.10. The maximum Gasteiger partial charge on any atom is 0.275 e. The average Bonchev–Trinajstić information content (AvgIpc) is 2.64. The molecule has 0 bridgehead atoms. The highest BCUT2D eigenvalue weighted by atomic mass is 32.2. The molecule has 1 amide bonds. The Kier molecular flexibility index (Phi) is 3.79. The Morgan fingerprint density at radius 1 is 1.30 bits per heavy atom. The Morgan fingerprint density at radius 3 is 2.50 bits per heavy atom. The third-order valence-electron chi connectivity index (χ3n) is 2.82. The average molecular weight is 313 g/mol. The molecule has 0 spiro atoms. The van der Waals surface area contributed by atoms with Crippen molar-refractivity contribution in [1.82, 2.24) is 14.7 Å². The van der Waals surface area contributed by atoms with E-state index in [0.717, 1.165) is 17.3 Å². The molecule has 2 aromatic heterocycles.